The van der Waals surface area contributed by atoms with Crippen LogP contribution in [0.1, 0.15) is 78.0 Å². The minimum Gasteiger partial charge on any atom is -0.497 e. The van der Waals surface area contributed by atoms with E-state index in [0.717, 1.165) is 5.56 Å². The number of nitrogens with one attached hydrogen (secondary N) is 2. The summed E-state index contributed by atoms with van der Waals surface area (Å²) in [6.07, 6.45) is 1.05. The summed E-state index contributed by atoms with van der Waals surface area (Å²) in [7, 11) is 1.55. The van der Waals surface area contributed by atoms with Crippen molar-refractivity contribution in [2.24, 2.45) is 5.73 Å². The molecule has 0 aromatic heterocycles. The fourth-order valence-corrected chi connectivity index (χ4v) is 4.27. The van der Waals surface area contributed by atoms with E-state index in [9.17, 15) is 19.2 Å². The normalized spacial score (nSPS) is 12.8. The van der Waals surface area contributed by atoms with Crippen molar-refractivity contribution in [3.05, 3.63) is 66.2 Å². The van der Waals surface area contributed by atoms with Gasteiger partial charge in [0.15, 0.2) is 0 Å². The van der Waals surface area contributed by atoms with E-state index in [1.54, 1.807) is 76.4 Å². The molecule has 2 aromatic carbocycles. The summed E-state index contributed by atoms with van der Waals surface area (Å²) < 4.78 is 10.6. The van der Waals surface area contributed by atoms with Crippen LogP contribution < -0.4 is 21.1 Å². The monoisotopic (exact) mass is 580 g/mol. The van der Waals surface area contributed by atoms with Gasteiger partial charge in [-0.05, 0) is 88.9 Å². The first-order valence-electron chi connectivity index (χ1n) is 13.9. The molecule has 228 valence electrons. The predicted octanol–water partition coefficient (Wildman–Crippen LogP) is 5.19. The van der Waals surface area contributed by atoms with E-state index in [1.165, 1.54) is 4.90 Å². The van der Waals surface area contributed by atoms with Gasteiger partial charge in [0, 0.05) is 17.6 Å². The van der Waals surface area contributed by atoms with Crippen molar-refractivity contribution in [1.29, 1.82) is 0 Å². The number of nitrogens with zero attached hydrogens (tertiary/aromatic N) is 1. The summed E-state index contributed by atoms with van der Waals surface area (Å²) in [4.78, 5) is 54.6. The number of hydrogen-bond acceptors (Lipinski definition) is 6. The standard InChI is InChI=1S/C32H44N4O6/c1-9-21-12-11-13-22(20-21)27(28(38)34-23-14-16-24(41-8)17-15-23)36(32(6,7)10-2)29(39)25(18-19-26(33)37)35-30(40)42-31(3,4)5/h9,11-17,20,25,27H,1,10,18-19H2,2-8H3,(H2,33,37)(H,34,38)(H,35,40). The van der Waals surface area contributed by atoms with Gasteiger partial charge in [0.1, 0.15) is 23.4 Å². The summed E-state index contributed by atoms with van der Waals surface area (Å²) in [6.45, 7) is 14.5. The fourth-order valence-electron chi connectivity index (χ4n) is 4.27. The molecule has 0 spiro atoms. The number of carbonyl (C=O) groups excluding carboxylic acids is 4. The first-order chi connectivity index (χ1) is 19.6. The van der Waals surface area contributed by atoms with Gasteiger partial charge in [-0.3, -0.25) is 14.4 Å². The Kier molecular flexibility index (Phi) is 11.7. The minimum absolute atomic E-state index is 0.0801. The van der Waals surface area contributed by atoms with Gasteiger partial charge in [0.2, 0.25) is 11.8 Å². The number of methoxy groups -OCH3 is 1. The molecule has 4 amide bonds. The molecule has 0 aliphatic carbocycles. The van der Waals surface area contributed by atoms with Crippen molar-refractivity contribution >= 4 is 35.6 Å². The Morgan fingerprint density at radius 3 is 2.21 bits per heavy atom. The van der Waals surface area contributed by atoms with E-state index in [2.05, 4.69) is 17.2 Å². The molecule has 0 fully saturated rings. The fraction of sp³-hybridized carbons (Fsp3) is 0.438. The first-order valence-corrected chi connectivity index (χ1v) is 13.9. The molecule has 2 atom stereocenters. The van der Waals surface area contributed by atoms with Gasteiger partial charge in [-0.2, -0.15) is 0 Å². The van der Waals surface area contributed by atoms with E-state index in [-0.39, 0.29) is 12.8 Å². The van der Waals surface area contributed by atoms with E-state index >= 15 is 0 Å². The van der Waals surface area contributed by atoms with Crippen LogP contribution in [0.4, 0.5) is 10.5 Å². The summed E-state index contributed by atoms with van der Waals surface area (Å²) in [5.74, 6) is -1.04. The molecule has 2 unspecified atom stereocenters. The SMILES string of the molecule is C=Cc1cccc(C(C(=O)Nc2ccc(OC)cc2)N(C(=O)C(CCC(N)=O)NC(=O)OC(C)(C)C)C(C)(C)CC)c1. The quantitative estimate of drug-likeness (QED) is 0.298. The summed E-state index contributed by atoms with van der Waals surface area (Å²) >= 11 is 0. The van der Waals surface area contributed by atoms with Gasteiger partial charge in [-0.15, -0.1) is 0 Å². The maximum atomic E-state index is 14.5. The highest BCUT2D eigenvalue weighted by atomic mass is 16.6. The molecule has 0 saturated carbocycles. The lowest BCUT2D eigenvalue weighted by Gasteiger charge is -2.44. The largest absolute Gasteiger partial charge is 0.497 e. The Labute approximate surface area is 248 Å². The number of carbonyl (C=O) groups is 4. The Morgan fingerprint density at radius 2 is 1.69 bits per heavy atom. The van der Waals surface area contributed by atoms with Crippen LogP contribution in [0.3, 0.4) is 0 Å². The van der Waals surface area contributed by atoms with Crippen LogP contribution in [0.2, 0.25) is 0 Å². The second kappa shape index (κ2) is 14.5. The number of amides is 4. The molecule has 0 aliphatic heterocycles. The van der Waals surface area contributed by atoms with Crippen molar-refractivity contribution in [3.63, 3.8) is 0 Å². The van der Waals surface area contributed by atoms with Crippen LogP contribution in [0.25, 0.3) is 6.08 Å². The number of rotatable bonds is 13. The summed E-state index contributed by atoms with van der Waals surface area (Å²) in [6, 6.07) is 11.7. The lowest BCUT2D eigenvalue weighted by Crippen LogP contribution is -2.59. The number of hydrogen-bond donors (Lipinski definition) is 3. The van der Waals surface area contributed by atoms with Crippen LogP contribution in [0, 0.1) is 0 Å². The zero-order valence-corrected chi connectivity index (χ0v) is 25.7. The summed E-state index contributed by atoms with van der Waals surface area (Å²) in [5.41, 5.74) is 5.52. The van der Waals surface area contributed by atoms with Crippen LogP contribution in [-0.2, 0) is 19.1 Å². The highest BCUT2D eigenvalue weighted by Crippen LogP contribution is 2.34. The predicted molar refractivity (Wildman–Crippen MR) is 164 cm³/mol. The van der Waals surface area contributed by atoms with Gasteiger partial charge in [-0.25, -0.2) is 4.79 Å². The molecule has 10 heteroatoms. The third-order valence-electron chi connectivity index (χ3n) is 6.75. The van der Waals surface area contributed by atoms with Gasteiger partial charge >= 0.3 is 6.09 Å². The Morgan fingerprint density at radius 1 is 1.05 bits per heavy atom. The Hall–Kier alpha value is -4.34. The smallest absolute Gasteiger partial charge is 0.408 e. The molecule has 0 bridgehead atoms. The summed E-state index contributed by atoms with van der Waals surface area (Å²) in [5, 5.41) is 5.54. The van der Waals surface area contributed by atoms with Crippen LogP contribution in [0.5, 0.6) is 5.75 Å². The molecular formula is C32H44N4O6. The lowest BCUT2D eigenvalue weighted by molar-refractivity contribution is -0.148. The van der Waals surface area contributed by atoms with Gasteiger partial charge in [0.05, 0.1) is 7.11 Å². The van der Waals surface area contributed by atoms with Crippen molar-refractivity contribution in [1.82, 2.24) is 10.2 Å². The Balaban J connectivity index is 2.66. The highest BCUT2D eigenvalue weighted by molar-refractivity contribution is 5.99. The van der Waals surface area contributed by atoms with E-state index in [0.29, 0.717) is 23.4 Å². The highest BCUT2D eigenvalue weighted by Gasteiger charge is 2.43. The zero-order chi connectivity index (χ0) is 31.7. The molecule has 42 heavy (non-hydrogen) atoms. The van der Waals surface area contributed by atoms with Crippen molar-refractivity contribution in [2.75, 3.05) is 12.4 Å². The third kappa shape index (κ3) is 9.64. The van der Waals surface area contributed by atoms with Crippen molar-refractivity contribution < 1.29 is 28.7 Å². The molecule has 0 radical (unpaired) electrons. The minimum atomic E-state index is -1.20. The first kappa shape index (κ1) is 33.9. The van der Waals surface area contributed by atoms with E-state index in [1.807, 2.05) is 26.8 Å². The Bertz CT molecular complexity index is 1270. The van der Waals surface area contributed by atoms with Gasteiger partial charge in [-0.1, -0.05) is 37.8 Å². The third-order valence-corrected chi connectivity index (χ3v) is 6.75. The average molecular weight is 581 g/mol. The topological polar surface area (TPSA) is 140 Å². The van der Waals surface area contributed by atoms with Crippen LogP contribution in [0.15, 0.2) is 55.1 Å². The molecular weight excluding hydrogens is 536 g/mol. The van der Waals surface area contributed by atoms with Gasteiger partial charge < -0.3 is 30.7 Å². The maximum absolute atomic E-state index is 14.5. The lowest BCUT2D eigenvalue weighted by atomic mass is 9.91. The number of benzene rings is 2. The molecule has 2 aromatic rings. The van der Waals surface area contributed by atoms with Crippen molar-refractivity contribution in [3.8, 4) is 5.75 Å². The molecule has 4 N–H and O–H groups in total. The molecule has 0 saturated heterocycles. The van der Waals surface area contributed by atoms with Crippen LogP contribution in [-0.4, -0.2) is 53.0 Å². The number of ether oxygens (including phenoxy) is 2. The average Bonchev–Trinajstić information content (AvgIpc) is 2.92. The molecule has 0 heterocycles. The van der Waals surface area contributed by atoms with Crippen molar-refractivity contribution in [2.45, 2.75) is 84.0 Å². The molecule has 10 nitrogen and oxygen atoms in total. The number of alkyl carbamates (subject to hydrolysis) is 1. The molecule has 0 aliphatic rings. The number of nitrogens with two attached hydrogens (primary N) is 1. The van der Waals surface area contributed by atoms with Crippen LogP contribution >= 0.6 is 0 Å². The second-order valence-electron chi connectivity index (χ2n) is 11.6. The number of primary amides is 1. The van der Waals surface area contributed by atoms with E-state index < -0.39 is 47.0 Å². The zero-order valence-electron chi connectivity index (χ0n) is 25.7. The number of anilines is 1. The van der Waals surface area contributed by atoms with E-state index in [4.69, 9.17) is 15.2 Å². The maximum Gasteiger partial charge on any atom is 0.408 e. The second-order valence-corrected chi connectivity index (χ2v) is 11.6. The van der Waals surface area contributed by atoms with Gasteiger partial charge in [0.25, 0.3) is 5.91 Å². The molecule has 2 rings (SSSR count).